The fourth-order valence-corrected chi connectivity index (χ4v) is 7.06. The third kappa shape index (κ3) is 6.06. The van der Waals surface area contributed by atoms with Crippen LogP contribution in [-0.4, -0.2) is 19.5 Å². The Bertz CT molecular complexity index is 3220. The predicted octanol–water partition coefficient (Wildman–Crippen LogP) is 13.0. The SMILES string of the molecule is [2H]c1c([2H])c([2H])c2c(c1[2H])c1c([2H])c([2H])c([2H])c([2H])c1n2-c1cc(-c2cc(-c3ccccc3)cc(-c3ccccc3)c2)ccc1-c1nc(-c2ccccc2)nc(-c2ccccc2)n1. The van der Waals surface area contributed by atoms with Gasteiger partial charge in [-0.05, 0) is 75.8 Å². The average molecular weight is 711 g/mol. The molecule has 0 radical (unpaired) electrons. The molecule has 0 unspecified atom stereocenters. The maximum absolute atomic E-state index is 9.36. The Morgan fingerprint density at radius 3 is 1.22 bits per heavy atom. The molecule has 8 aromatic carbocycles. The van der Waals surface area contributed by atoms with Crippen molar-refractivity contribution in [2.75, 3.05) is 0 Å². The van der Waals surface area contributed by atoms with Gasteiger partial charge in [-0.15, -0.1) is 0 Å². The summed E-state index contributed by atoms with van der Waals surface area (Å²) in [6.45, 7) is 0. The van der Waals surface area contributed by atoms with E-state index in [0.717, 1.165) is 44.5 Å². The number of benzene rings is 8. The third-order valence-corrected chi connectivity index (χ3v) is 9.69. The van der Waals surface area contributed by atoms with Crippen LogP contribution in [0.1, 0.15) is 11.0 Å². The van der Waals surface area contributed by atoms with Gasteiger partial charge in [-0.3, -0.25) is 0 Å². The van der Waals surface area contributed by atoms with Gasteiger partial charge in [0.2, 0.25) is 0 Å². The summed E-state index contributed by atoms with van der Waals surface area (Å²) < 4.78 is 73.5. The first kappa shape index (κ1) is 24.7. The number of hydrogen-bond acceptors (Lipinski definition) is 3. The molecule has 55 heavy (non-hydrogen) atoms. The number of para-hydroxylation sites is 2. The van der Waals surface area contributed by atoms with E-state index < -0.39 is 48.3 Å². The summed E-state index contributed by atoms with van der Waals surface area (Å²) in [5.74, 6) is 1.02. The first-order valence-electron chi connectivity index (χ1n) is 21.9. The molecule has 0 spiro atoms. The lowest BCUT2D eigenvalue weighted by molar-refractivity contribution is 1.06. The molecule has 0 aliphatic rings. The Hall–Kier alpha value is -7.43. The highest BCUT2D eigenvalue weighted by Crippen LogP contribution is 2.40. The van der Waals surface area contributed by atoms with E-state index in [-0.39, 0.29) is 27.6 Å². The third-order valence-electron chi connectivity index (χ3n) is 9.69. The highest BCUT2D eigenvalue weighted by atomic mass is 15.1. The molecule has 0 amide bonds. The molecular weight excluding hydrogens is 669 g/mol. The molecule has 0 N–H and O–H groups in total. The molecule has 0 fully saturated rings. The van der Waals surface area contributed by atoms with Crippen molar-refractivity contribution in [1.82, 2.24) is 19.5 Å². The van der Waals surface area contributed by atoms with E-state index in [1.54, 1.807) is 0 Å². The van der Waals surface area contributed by atoms with E-state index >= 15 is 0 Å². The molecule has 10 rings (SSSR count). The molecule has 0 atom stereocenters. The fraction of sp³-hybridized carbons (Fsp3) is 0. The molecular formula is C51H34N4. The van der Waals surface area contributed by atoms with Crippen molar-refractivity contribution in [2.45, 2.75) is 0 Å². The van der Waals surface area contributed by atoms with E-state index in [1.165, 1.54) is 4.57 Å². The summed E-state index contributed by atoms with van der Waals surface area (Å²) >= 11 is 0. The van der Waals surface area contributed by atoms with E-state index in [2.05, 4.69) is 42.5 Å². The molecule has 2 heterocycles. The van der Waals surface area contributed by atoms with Gasteiger partial charge in [0.15, 0.2) is 17.5 Å². The van der Waals surface area contributed by atoms with E-state index in [9.17, 15) is 2.74 Å². The number of rotatable bonds is 7. The molecule has 0 aliphatic carbocycles. The second-order valence-corrected chi connectivity index (χ2v) is 13.1. The van der Waals surface area contributed by atoms with Crippen LogP contribution in [0.5, 0.6) is 0 Å². The van der Waals surface area contributed by atoms with Crippen molar-refractivity contribution in [2.24, 2.45) is 0 Å². The minimum Gasteiger partial charge on any atom is -0.308 e. The molecule has 4 heteroatoms. The normalized spacial score (nSPS) is 13.3. The first-order valence-corrected chi connectivity index (χ1v) is 17.9. The van der Waals surface area contributed by atoms with Crippen molar-refractivity contribution in [3.05, 3.63) is 206 Å². The molecule has 0 aliphatic heterocycles. The van der Waals surface area contributed by atoms with Crippen LogP contribution in [-0.2, 0) is 0 Å². The van der Waals surface area contributed by atoms with Gasteiger partial charge in [-0.25, -0.2) is 15.0 Å². The number of nitrogens with zero attached hydrogens (tertiary/aromatic N) is 4. The summed E-state index contributed by atoms with van der Waals surface area (Å²) in [6, 6.07) is 47.4. The molecule has 4 nitrogen and oxygen atoms in total. The van der Waals surface area contributed by atoms with Crippen molar-refractivity contribution in [3.63, 3.8) is 0 Å². The second kappa shape index (κ2) is 13.8. The van der Waals surface area contributed by atoms with Gasteiger partial charge >= 0.3 is 0 Å². The lowest BCUT2D eigenvalue weighted by Gasteiger charge is -2.17. The molecule has 258 valence electrons. The smallest absolute Gasteiger partial charge is 0.166 e. The average Bonchev–Trinajstić information content (AvgIpc) is 3.71. The lowest BCUT2D eigenvalue weighted by atomic mass is 9.92. The fourth-order valence-electron chi connectivity index (χ4n) is 7.06. The number of aromatic nitrogens is 4. The van der Waals surface area contributed by atoms with Crippen LogP contribution in [0.2, 0.25) is 0 Å². The topological polar surface area (TPSA) is 43.6 Å². The summed E-state index contributed by atoms with van der Waals surface area (Å²) in [6.07, 6.45) is 0. The Kier molecular flexibility index (Phi) is 6.23. The Morgan fingerprint density at radius 2 is 0.745 bits per heavy atom. The van der Waals surface area contributed by atoms with Crippen LogP contribution in [0.4, 0.5) is 0 Å². The Labute approximate surface area is 331 Å². The summed E-state index contributed by atoms with van der Waals surface area (Å²) in [5.41, 5.74) is 7.73. The Morgan fingerprint density at radius 1 is 0.345 bits per heavy atom. The lowest BCUT2D eigenvalue weighted by Crippen LogP contribution is -2.04. The van der Waals surface area contributed by atoms with Gasteiger partial charge in [-0.2, -0.15) is 0 Å². The maximum Gasteiger partial charge on any atom is 0.166 e. The summed E-state index contributed by atoms with van der Waals surface area (Å²) in [4.78, 5) is 15.0. The number of fused-ring (bicyclic) bond motifs is 3. The van der Waals surface area contributed by atoms with Crippen LogP contribution in [0, 0.1) is 0 Å². The van der Waals surface area contributed by atoms with Gasteiger partial charge < -0.3 is 4.57 Å². The van der Waals surface area contributed by atoms with E-state index in [1.807, 2.05) is 115 Å². The maximum atomic E-state index is 9.36. The summed E-state index contributed by atoms with van der Waals surface area (Å²) in [5, 5.41) is -0.0511. The zero-order valence-corrected chi connectivity index (χ0v) is 29.3. The van der Waals surface area contributed by atoms with Crippen molar-refractivity contribution in [1.29, 1.82) is 0 Å². The van der Waals surface area contributed by atoms with Crippen LogP contribution < -0.4 is 0 Å². The molecule has 10 aromatic rings. The van der Waals surface area contributed by atoms with Crippen molar-refractivity contribution >= 4 is 21.8 Å². The summed E-state index contributed by atoms with van der Waals surface area (Å²) in [7, 11) is 0. The molecule has 0 saturated carbocycles. The predicted molar refractivity (Wildman–Crippen MR) is 227 cm³/mol. The largest absolute Gasteiger partial charge is 0.308 e. The highest BCUT2D eigenvalue weighted by molar-refractivity contribution is 6.09. The standard InChI is InChI=1S/C51H34N4/c1-5-17-35(18-6-1)40-31-41(36-19-7-2-8-20-36)33-42(32-40)39-29-30-45(48(34-39)55-46-27-15-13-25-43(46)44-26-14-16-28-47(44)55)51-53-49(37-21-9-3-10-22-37)52-50(54-51)38-23-11-4-12-24-38/h1-34H/i13D,14D,15D,16D,25D,26D,27D,28D. The minimum atomic E-state index is -0.517. The van der Waals surface area contributed by atoms with Gasteiger partial charge in [0.25, 0.3) is 0 Å². The Balaban J connectivity index is 1.35. The van der Waals surface area contributed by atoms with Crippen LogP contribution in [0.25, 0.3) is 95.0 Å². The van der Waals surface area contributed by atoms with Crippen LogP contribution in [0.3, 0.4) is 0 Å². The van der Waals surface area contributed by atoms with Crippen molar-refractivity contribution in [3.8, 4) is 73.2 Å². The molecule has 2 aromatic heterocycles. The van der Waals surface area contributed by atoms with Crippen molar-refractivity contribution < 1.29 is 11.0 Å². The van der Waals surface area contributed by atoms with E-state index in [4.69, 9.17) is 23.2 Å². The van der Waals surface area contributed by atoms with Crippen LogP contribution in [0.15, 0.2) is 206 Å². The second-order valence-electron chi connectivity index (χ2n) is 13.1. The van der Waals surface area contributed by atoms with Gasteiger partial charge in [0.05, 0.1) is 27.7 Å². The monoisotopic (exact) mass is 710 g/mol. The first-order chi connectivity index (χ1) is 30.6. The number of hydrogen-bond donors (Lipinski definition) is 0. The van der Waals surface area contributed by atoms with Crippen LogP contribution >= 0.6 is 0 Å². The molecule has 0 saturated heterocycles. The minimum absolute atomic E-state index is 0.00923. The van der Waals surface area contributed by atoms with Gasteiger partial charge in [0, 0.05) is 27.5 Å². The quantitative estimate of drug-likeness (QED) is 0.165. The zero-order valence-electron chi connectivity index (χ0n) is 37.3. The highest BCUT2D eigenvalue weighted by Gasteiger charge is 2.20. The zero-order chi connectivity index (χ0) is 43.5. The van der Waals surface area contributed by atoms with E-state index in [0.29, 0.717) is 22.9 Å². The molecule has 0 bridgehead atoms. The van der Waals surface area contributed by atoms with Gasteiger partial charge in [-0.1, -0.05) is 164 Å². The van der Waals surface area contributed by atoms with Gasteiger partial charge in [0.1, 0.15) is 0 Å².